The summed E-state index contributed by atoms with van der Waals surface area (Å²) in [6.07, 6.45) is 1.79. The minimum Gasteiger partial charge on any atom is -0.398 e. The number of nitrogen functional groups attached to an aromatic ring is 1. The van der Waals surface area contributed by atoms with E-state index in [4.69, 9.17) is 5.73 Å². The number of hydrogen-bond donors (Lipinski definition) is 1. The Morgan fingerprint density at radius 1 is 1.19 bits per heavy atom. The quantitative estimate of drug-likeness (QED) is 0.733. The third-order valence-electron chi connectivity index (χ3n) is 4.63. The van der Waals surface area contributed by atoms with Crippen molar-refractivity contribution in [2.24, 2.45) is 0 Å². The zero-order chi connectivity index (χ0) is 18.1. The fourth-order valence-electron chi connectivity index (χ4n) is 3.25. The summed E-state index contributed by atoms with van der Waals surface area (Å²) in [6, 6.07) is 13.6. The van der Waals surface area contributed by atoms with E-state index in [1.54, 1.807) is 4.90 Å². The van der Waals surface area contributed by atoms with Crippen LogP contribution in [0.5, 0.6) is 0 Å². The van der Waals surface area contributed by atoms with E-state index < -0.39 is 0 Å². The largest absolute Gasteiger partial charge is 0.398 e. The molecule has 1 amide bonds. The molecule has 0 aliphatic carbocycles. The lowest BCUT2D eigenvalue weighted by atomic mass is 10.00. The number of nitrogens with two attached hydrogens (primary N) is 1. The number of hydrogen-bond acceptors (Lipinski definition) is 5. The van der Waals surface area contributed by atoms with E-state index in [-0.39, 0.29) is 12.5 Å². The van der Waals surface area contributed by atoms with Gasteiger partial charge in [-0.2, -0.15) is 4.80 Å². The van der Waals surface area contributed by atoms with E-state index >= 15 is 0 Å². The molecule has 0 bridgehead atoms. The number of benzene rings is 2. The average Bonchev–Trinajstić information content (AvgIpc) is 3.10. The SMILES string of the molecule is Cc1ccc(-c2nnn(CC(=O)N3CCCc4c(N)cccc43)n2)cc1. The number of fused-ring (bicyclic) bond motifs is 1. The van der Waals surface area contributed by atoms with Gasteiger partial charge in [0.25, 0.3) is 5.91 Å². The van der Waals surface area contributed by atoms with Gasteiger partial charge in [0, 0.05) is 23.5 Å². The van der Waals surface area contributed by atoms with Crippen LogP contribution in [0.1, 0.15) is 17.5 Å². The number of carbonyl (C=O) groups is 1. The van der Waals surface area contributed by atoms with Gasteiger partial charge < -0.3 is 10.6 Å². The molecular weight excluding hydrogens is 328 g/mol. The molecule has 7 nitrogen and oxygen atoms in total. The fraction of sp³-hybridized carbons (Fsp3) is 0.263. The van der Waals surface area contributed by atoms with Gasteiger partial charge in [-0.1, -0.05) is 35.9 Å². The van der Waals surface area contributed by atoms with Crippen molar-refractivity contribution >= 4 is 17.3 Å². The molecule has 0 atom stereocenters. The molecule has 132 valence electrons. The summed E-state index contributed by atoms with van der Waals surface area (Å²) < 4.78 is 0. The maximum atomic E-state index is 12.8. The zero-order valence-electron chi connectivity index (χ0n) is 14.6. The van der Waals surface area contributed by atoms with Gasteiger partial charge in [-0.3, -0.25) is 4.79 Å². The Labute approximate surface area is 151 Å². The molecule has 4 rings (SSSR count). The predicted octanol–water partition coefficient (Wildman–Crippen LogP) is 2.21. The van der Waals surface area contributed by atoms with Crippen molar-refractivity contribution < 1.29 is 4.79 Å². The second kappa shape index (κ2) is 6.59. The first-order valence-corrected chi connectivity index (χ1v) is 8.64. The molecule has 0 saturated carbocycles. The topological polar surface area (TPSA) is 89.9 Å². The highest BCUT2D eigenvalue weighted by atomic mass is 16.2. The van der Waals surface area contributed by atoms with Crippen molar-refractivity contribution in [3.63, 3.8) is 0 Å². The van der Waals surface area contributed by atoms with Crippen molar-refractivity contribution in [3.8, 4) is 11.4 Å². The van der Waals surface area contributed by atoms with Gasteiger partial charge >= 0.3 is 0 Å². The summed E-state index contributed by atoms with van der Waals surface area (Å²) in [4.78, 5) is 15.9. The Balaban J connectivity index is 1.53. The standard InChI is InChI=1S/C19H20N6O/c1-13-7-9-14(10-8-13)19-21-23-25(22-19)12-18(26)24-11-3-4-15-16(20)5-2-6-17(15)24/h2,5-10H,3-4,11-12,20H2,1H3. The highest BCUT2D eigenvalue weighted by Crippen LogP contribution is 2.31. The summed E-state index contributed by atoms with van der Waals surface area (Å²) in [5.41, 5.74) is 10.8. The first-order chi connectivity index (χ1) is 12.6. The molecule has 0 fully saturated rings. The van der Waals surface area contributed by atoms with Crippen LogP contribution in [0.25, 0.3) is 11.4 Å². The smallest absolute Gasteiger partial charge is 0.250 e. The Kier molecular flexibility index (Phi) is 4.12. The molecule has 0 unspecified atom stereocenters. The molecule has 1 aliphatic rings. The third-order valence-corrected chi connectivity index (χ3v) is 4.63. The summed E-state index contributed by atoms with van der Waals surface area (Å²) in [7, 11) is 0. The van der Waals surface area contributed by atoms with Crippen molar-refractivity contribution in [2.45, 2.75) is 26.3 Å². The van der Waals surface area contributed by atoms with Crippen molar-refractivity contribution in [1.29, 1.82) is 0 Å². The summed E-state index contributed by atoms with van der Waals surface area (Å²) >= 11 is 0. The first kappa shape index (κ1) is 16.3. The zero-order valence-corrected chi connectivity index (χ0v) is 14.6. The minimum atomic E-state index is -0.0654. The van der Waals surface area contributed by atoms with E-state index in [2.05, 4.69) is 15.4 Å². The van der Waals surface area contributed by atoms with E-state index in [0.29, 0.717) is 12.4 Å². The Morgan fingerprint density at radius 2 is 2.00 bits per heavy atom. The molecule has 2 aromatic carbocycles. The number of anilines is 2. The first-order valence-electron chi connectivity index (χ1n) is 8.64. The number of aryl methyl sites for hydroxylation is 1. The van der Waals surface area contributed by atoms with Crippen molar-refractivity contribution in [3.05, 3.63) is 53.6 Å². The van der Waals surface area contributed by atoms with Crippen LogP contribution in [0.4, 0.5) is 11.4 Å². The second-order valence-electron chi connectivity index (χ2n) is 6.50. The summed E-state index contributed by atoms with van der Waals surface area (Å²) in [6.45, 7) is 2.75. The number of aromatic nitrogens is 4. The van der Waals surface area contributed by atoms with E-state index in [1.807, 2.05) is 49.4 Å². The summed E-state index contributed by atoms with van der Waals surface area (Å²) in [5, 5.41) is 12.4. The molecule has 0 spiro atoms. The van der Waals surface area contributed by atoms with Gasteiger partial charge in [-0.05, 0) is 42.7 Å². The second-order valence-corrected chi connectivity index (χ2v) is 6.50. The maximum Gasteiger partial charge on any atom is 0.250 e. The van der Waals surface area contributed by atoms with E-state index in [1.165, 1.54) is 10.4 Å². The van der Waals surface area contributed by atoms with Crippen LogP contribution in [0.15, 0.2) is 42.5 Å². The van der Waals surface area contributed by atoms with Crippen LogP contribution in [0, 0.1) is 6.92 Å². The van der Waals surface area contributed by atoms with Crippen molar-refractivity contribution in [1.82, 2.24) is 20.2 Å². The van der Waals surface area contributed by atoms with Gasteiger partial charge in [-0.15, -0.1) is 10.2 Å². The lowest BCUT2D eigenvalue weighted by Gasteiger charge is -2.30. The lowest BCUT2D eigenvalue weighted by Crippen LogP contribution is -2.38. The molecule has 26 heavy (non-hydrogen) atoms. The number of rotatable bonds is 3. The molecule has 0 radical (unpaired) electrons. The Bertz CT molecular complexity index is 947. The van der Waals surface area contributed by atoms with Gasteiger partial charge in [0.2, 0.25) is 5.82 Å². The highest BCUT2D eigenvalue weighted by molar-refractivity contribution is 5.95. The van der Waals surface area contributed by atoms with Crippen LogP contribution in [-0.4, -0.2) is 32.7 Å². The fourth-order valence-corrected chi connectivity index (χ4v) is 3.25. The normalized spacial score (nSPS) is 13.5. The Morgan fingerprint density at radius 3 is 2.81 bits per heavy atom. The Hall–Kier alpha value is -3.22. The van der Waals surface area contributed by atoms with Crippen molar-refractivity contribution in [2.75, 3.05) is 17.2 Å². The predicted molar refractivity (Wildman–Crippen MR) is 99.5 cm³/mol. The van der Waals surface area contributed by atoms with Crippen LogP contribution >= 0.6 is 0 Å². The molecule has 0 saturated heterocycles. The average molecular weight is 348 g/mol. The van der Waals surface area contributed by atoms with Crippen LogP contribution in [0.3, 0.4) is 0 Å². The van der Waals surface area contributed by atoms with Crippen LogP contribution < -0.4 is 10.6 Å². The van der Waals surface area contributed by atoms with Gasteiger partial charge in [-0.25, -0.2) is 0 Å². The van der Waals surface area contributed by atoms with Gasteiger partial charge in [0.1, 0.15) is 6.54 Å². The molecule has 1 aromatic heterocycles. The van der Waals surface area contributed by atoms with E-state index in [9.17, 15) is 4.79 Å². The number of tetrazole rings is 1. The molecule has 1 aliphatic heterocycles. The van der Waals surface area contributed by atoms with E-state index in [0.717, 1.165) is 35.3 Å². The molecular formula is C19H20N6O. The summed E-state index contributed by atoms with van der Waals surface area (Å²) in [5.74, 6) is 0.450. The minimum absolute atomic E-state index is 0.0487. The number of carbonyl (C=O) groups excluding carboxylic acids is 1. The monoisotopic (exact) mass is 348 g/mol. The number of amides is 1. The number of nitrogens with zero attached hydrogens (tertiary/aromatic N) is 5. The van der Waals surface area contributed by atoms with Crippen LogP contribution in [0.2, 0.25) is 0 Å². The molecule has 7 heteroatoms. The third kappa shape index (κ3) is 3.03. The molecule has 2 heterocycles. The maximum absolute atomic E-state index is 12.8. The molecule has 3 aromatic rings. The highest BCUT2D eigenvalue weighted by Gasteiger charge is 2.24. The van der Waals surface area contributed by atoms with Crippen LogP contribution in [-0.2, 0) is 17.8 Å². The molecule has 2 N–H and O–H groups in total. The lowest BCUT2D eigenvalue weighted by molar-refractivity contribution is -0.119. The van der Waals surface area contributed by atoms with Gasteiger partial charge in [0.15, 0.2) is 0 Å². The van der Waals surface area contributed by atoms with Gasteiger partial charge in [0.05, 0.1) is 0 Å².